The van der Waals surface area contributed by atoms with Crippen LogP contribution in [0.1, 0.15) is 11.3 Å². The lowest BCUT2D eigenvalue weighted by atomic mass is 10.2. The van der Waals surface area contributed by atoms with Gasteiger partial charge in [-0.1, -0.05) is 36.4 Å². The van der Waals surface area contributed by atoms with E-state index in [1.54, 1.807) is 19.2 Å². The third-order valence-corrected chi connectivity index (χ3v) is 4.75. The van der Waals surface area contributed by atoms with Crippen molar-refractivity contribution in [1.82, 2.24) is 10.4 Å². The van der Waals surface area contributed by atoms with Gasteiger partial charge in [-0.25, -0.2) is 9.98 Å². The van der Waals surface area contributed by atoms with Gasteiger partial charge in [-0.15, -0.1) is 0 Å². The summed E-state index contributed by atoms with van der Waals surface area (Å²) in [6.07, 6.45) is 1.28. The van der Waals surface area contributed by atoms with Gasteiger partial charge in [-0.05, 0) is 30.3 Å². The number of para-hydroxylation sites is 3. The van der Waals surface area contributed by atoms with E-state index in [-0.39, 0.29) is 17.0 Å². The van der Waals surface area contributed by atoms with Crippen molar-refractivity contribution in [3.8, 4) is 11.5 Å². The van der Waals surface area contributed by atoms with Crippen LogP contribution in [0.3, 0.4) is 0 Å². The number of non-ortho nitro benzene ring substituents is 1. The van der Waals surface area contributed by atoms with Gasteiger partial charge >= 0.3 is 0 Å². The number of amidine groups is 1. The third-order valence-electron chi connectivity index (χ3n) is 4.75. The summed E-state index contributed by atoms with van der Waals surface area (Å²) in [4.78, 5) is 19.8. The van der Waals surface area contributed by atoms with Gasteiger partial charge in [0.1, 0.15) is 22.9 Å². The van der Waals surface area contributed by atoms with Crippen LogP contribution in [0.2, 0.25) is 0 Å². The zero-order chi connectivity index (χ0) is 23.2. The number of ether oxygens (including phenoxy) is 1. The number of nitrogens with one attached hydrogen (secondary N) is 1. The predicted molar refractivity (Wildman–Crippen MR) is 126 cm³/mol. The molecule has 0 atom stereocenters. The number of hydrogen-bond acceptors (Lipinski definition) is 7. The molecule has 4 rings (SSSR count). The van der Waals surface area contributed by atoms with E-state index in [9.17, 15) is 15.2 Å². The first-order chi connectivity index (χ1) is 16.0. The summed E-state index contributed by atoms with van der Waals surface area (Å²) in [7, 11) is 1.55. The van der Waals surface area contributed by atoms with Crippen molar-refractivity contribution in [3.05, 3.63) is 100 Å². The van der Waals surface area contributed by atoms with Crippen LogP contribution in [0, 0.1) is 10.1 Å². The summed E-state index contributed by atoms with van der Waals surface area (Å²) in [6, 6.07) is 22.3. The molecule has 9 heteroatoms. The lowest BCUT2D eigenvalue weighted by Gasteiger charge is -2.09. The molecule has 164 valence electrons. The largest absolute Gasteiger partial charge is 0.507 e. The number of rotatable bonds is 6. The van der Waals surface area contributed by atoms with Gasteiger partial charge in [0.25, 0.3) is 5.69 Å². The quantitative estimate of drug-likeness (QED) is 0.196. The van der Waals surface area contributed by atoms with Gasteiger partial charge in [-0.3, -0.25) is 15.5 Å². The molecule has 0 amide bonds. The first-order valence-corrected chi connectivity index (χ1v) is 9.89. The van der Waals surface area contributed by atoms with Crippen LogP contribution >= 0.6 is 0 Å². The van der Waals surface area contributed by atoms with Crippen LogP contribution in [-0.2, 0) is 0 Å². The number of aliphatic imine (C=N–C) groups is 1. The molecule has 0 radical (unpaired) electrons. The molecule has 33 heavy (non-hydrogen) atoms. The van der Waals surface area contributed by atoms with Crippen LogP contribution in [0.15, 0.2) is 89.0 Å². The number of pyridine rings is 1. The maximum absolute atomic E-state index is 11.0. The van der Waals surface area contributed by atoms with Gasteiger partial charge < -0.3 is 9.84 Å². The molecule has 1 heterocycles. The van der Waals surface area contributed by atoms with Crippen LogP contribution in [-0.4, -0.2) is 34.2 Å². The summed E-state index contributed by atoms with van der Waals surface area (Å²) in [5.41, 5.74) is 4.74. The molecule has 0 spiro atoms. The maximum atomic E-state index is 11.0. The molecule has 0 fully saturated rings. The first-order valence-electron chi connectivity index (χ1n) is 9.89. The number of nitro benzene ring substituents is 1. The number of benzene rings is 3. The standard InChI is InChI=1S/C24H19N5O4/c1-33-23-9-5-4-8-20(23)27-24(21-12-10-16-6-2-3-7-19(16)26-21)28-25-15-17-14-18(29(31)32)11-13-22(17)30/h2-15,30H,1H3,(H,27,28)/b25-15+. The summed E-state index contributed by atoms with van der Waals surface area (Å²) in [5.74, 6) is 0.752. The van der Waals surface area contributed by atoms with E-state index in [2.05, 4.69) is 20.5 Å². The minimum absolute atomic E-state index is 0.141. The molecular formula is C24H19N5O4. The lowest BCUT2D eigenvalue weighted by molar-refractivity contribution is -0.384. The number of fused-ring (bicyclic) bond motifs is 1. The number of phenolic OH excluding ortho intramolecular Hbond substituents is 1. The average molecular weight is 441 g/mol. The molecule has 0 bridgehead atoms. The molecule has 9 nitrogen and oxygen atoms in total. The summed E-state index contributed by atoms with van der Waals surface area (Å²) >= 11 is 0. The molecule has 0 aliphatic rings. The summed E-state index contributed by atoms with van der Waals surface area (Å²) in [5, 5.41) is 26.2. The maximum Gasteiger partial charge on any atom is 0.270 e. The molecule has 0 saturated heterocycles. The first kappa shape index (κ1) is 21.4. The number of nitrogens with zero attached hydrogens (tertiary/aromatic N) is 4. The van der Waals surface area contributed by atoms with E-state index in [0.717, 1.165) is 10.9 Å². The van der Waals surface area contributed by atoms with E-state index in [4.69, 9.17) is 4.74 Å². The van der Waals surface area contributed by atoms with Crippen molar-refractivity contribution in [3.63, 3.8) is 0 Å². The molecule has 3 aromatic carbocycles. The Morgan fingerprint density at radius 1 is 1.09 bits per heavy atom. The molecule has 2 N–H and O–H groups in total. The average Bonchev–Trinajstić information content (AvgIpc) is 2.84. The Labute approximate surface area is 188 Å². The normalized spacial score (nSPS) is 11.6. The number of methoxy groups -OCH3 is 1. The van der Waals surface area contributed by atoms with E-state index in [1.165, 1.54) is 24.4 Å². The van der Waals surface area contributed by atoms with Crippen molar-refractivity contribution >= 4 is 34.3 Å². The molecule has 1 aromatic heterocycles. The Hall–Kier alpha value is -4.79. The topological polar surface area (TPSA) is 122 Å². The highest BCUT2D eigenvalue weighted by molar-refractivity contribution is 6.01. The van der Waals surface area contributed by atoms with Crippen molar-refractivity contribution in [2.45, 2.75) is 0 Å². The second-order valence-electron chi connectivity index (χ2n) is 6.89. The van der Waals surface area contributed by atoms with E-state index in [1.807, 2.05) is 48.5 Å². The van der Waals surface area contributed by atoms with E-state index >= 15 is 0 Å². The van der Waals surface area contributed by atoms with Crippen molar-refractivity contribution in [2.75, 3.05) is 7.11 Å². The second-order valence-corrected chi connectivity index (χ2v) is 6.89. The second kappa shape index (κ2) is 9.56. The number of nitro groups is 1. The number of aromatic nitrogens is 1. The SMILES string of the molecule is COc1ccccc1N=C(N/N=C/c1cc([N+](=O)[O-])ccc1O)c1ccc2ccccc2n1. The Morgan fingerprint density at radius 3 is 2.70 bits per heavy atom. The number of aromatic hydroxyl groups is 1. The van der Waals surface area contributed by atoms with Gasteiger partial charge in [0.2, 0.25) is 0 Å². The van der Waals surface area contributed by atoms with Crippen molar-refractivity contribution < 1.29 is 14.8 Å². The summed E-state index contributed by atoms with van der Waals surface area (Å²) < 4.78 is 5.39. The summed E-state index contributed by atoms with van der Waals surface area (Å²) in [6.45, 7) is 0. The smallest absolute Gasteiger partial charge is 0.270 e. The van der Waals surface area contributed by atoms with Gasteiger partial charge in [0, 0.05) is 23.1 Å². The zero-order valence-corrected chi connectivity index (χ0v) is 17.5. The number of hydrogen-bond donors (Lipinski definition) is 2. The van der Waals surface area contributed by atoms with Crippen LogP contribution in [0.5, 0.6) is 11.5 Å². The minimum atomic E-state index is -0.544. The molecule has 0 unspecified atom stereocenters. The minimum Gasteiger partial charge on any atom is -0.507 e. The fraction of sp³-hybridized carbons (Fsp3) is 0.0417. The van der Waals surface area contributed by atoms with Crippen molar-refractivity contribution in [2.24, 2.45) is 10.1 Å². The zero-order valence-electron chi connectivity index (χ0n) is 17.5. The third kappa shape index (κ3) is 4.93. The highest BCUT2D eigenvalue weighted by atomic mass is 16.6. The van der Waals surface area contributed by atoms with Crippen LogP contribution in [0.4, 0.5) is 11.4 Å². The molecule has 0 saturated carbocycles. The van der Waals surface area contributed by atoms with E-state index < -0.39 is 4.92 Å². The monoisotopic (exact) mass is 441 g/mol. The number of phenols is 1. The van der Waals surface area contributed by atoms with Gasteiger partial charge in [-0.2, -0.15) is 5.10 Å². The Morgan fingerprint density at radius 2 is 1.88 bits per heavy atom. The molecular weight excluding hydrogens is 422 g/mol. The Balaban J connectivity index is 1.73. The molecule has 0 aliphatic heterocycles. The highest BCUT2D eigenvalue weighted by Crippen LogP contribution is 2.27. The van der Waals surface area contributed by atoms with Crippen LogP contribution in [0.25, 0.3) is 10.9 Å². The number of hydrazone groups is 1. The van der Waals surface area contributed by atoms with Crippen LogP contribution < -0.4 is 10.2 Å². The predicted octanol–water partition coefficient (Wildman–Crippen LogP) is 4.56. The van der Waals surface area contributed by atoms with Gasteiger partial charge in [0.05, 0.1) is 23.8 Å². The Kier molecular flexibility index (Phi) is 6.21. The fourth-order valence-electron chi connectivity index (χ4n) is 3.10. The van der Waals surface area contributed by atoms with E-state index in [0.29, 0.717) is 23.0 Å². The Bertz CT molecular complexity index is 1380. The van der Waals surface area contributed by atoms with Crippen molar-refractivity contribution in [1.29, 1.82) is 0 Å². The lowest BCUT2D eigenvalue weighted by Crippen LogP contribution is -2.20. The molecule has 4 aromatic rings. The van der Waals surface area contributed by atoms with Gasteiger partial charge in [0.15, 0.2) is 5.84 Å². The molecule has 0 aliphatic carbocycles. The fourth-order valence-corrected chi connectivity index (χ4v) is 3.10. The highest BCUT2D eigenvalue weighted by Gasteiger charge is 2.11.